The van der Waals surface area contributed by atoms with Crippen molar-refractivity contribution in [3.8, 4) is 11.6 Å². The number of hydrogen-bond acceptors (Lipinski definition) is 4. The number of hydrogen-bond donors (Lipinski definition) is 2. The van der Waals surface area contributed by atoms with Gasteiger partial charge in [0.05, 0.1) is 19.3 Å². The molecule has 0 aliphatic heterocycles. The first-order chi connectivity index (χ1) is 14.1. The molecule has 0 fully saturated rings. The van der Waals surface area contributed by atoms with Crippen molar-refractivity contribution >= 4 is 29.9 Å². The number of pyridine rings is 1. The van der Waals surface area contributed by atoms with Crippen LogP contribution in [0.25, 0.3) is 5.82 Å². The summed E-state index contributed by atoms with van der Waals surface area (Å²) >= 11 is 0. The maximum absolute atomic E-state index is 5.20. The van der Waals surface area contributed by atoms with Crippen LogP contribution in [0.15, 0.2) is 53.7 Å². The summed E-state index contributed by atoms with van der Waals surface area (Å²) in [4.78, 5) is 9.20. The average Bonchev–Trinajstić information content (AvgIpc) is 3.08. The SMILES string of the molecule is CCNC(=NCc1ccc(-n2nc(C)cc2C)nc1)NCc1ccc(OC)cc1.I. The fourth-order valence-corrected chi connectivity index (χ4v) is 2.94. The van der Waals surface area contributed by atoms with Gasteiger partial charge in [-0.2, -0.15) is 5.10 Å². The second-order valence-corrected chi connectivity index (χ2v) is 6.76. The van der Waals surface area contributed by atoms with Gasteiger partial charge in [-0.05, 0) is 56.2 Å². The first-order valence-electron chi connectivity index (χ1n) is 9.72. The maximum Gasteiger partial charge on any atom is 0.191 e. The van der Waals surface area contributed by atoms with Gasteiger partial charge in [-0.3, -0.25) is 0 Å². The van der Waals surface area contributed by atoms with Gasteiger partial charge in [0.15, 0.2) is 11.8 Å². The topological polar surface area (TPSA) is 76.4 Å². The van der Waals surface area contributed by atoms with E-state index in [1.807, 2.05) is 67.2 Å². The Balaban J connectivity index is 0.00000320. The van der Waals surface area contributed by atoms with Crippen LogP contribution in [-0.2, 0) is 13.1 Å². The molecule has 3 aromatic rings. The Morgan fingerprint density at radius 1 is 1.07 bits per heavy atom. The number of aryl methyl sites for hydroxylation is 2. The van der Waals surface area contributed by atoms with Crippen molar-refractivity contribution in [2.45, 2.75) is 33.9 Å². The lowest BCUT2D eigenvalue weighted by molar-refractivity contribution is 0.414. The Kier molecular flexibility index (Phi) is 9.10. The summed E-state index contributed by atoms with van der Waals surface area (Å²) in [5, 5.41) is 11.1. The van der Waals surface area contributed by atoms with Crippen molar-refractivity contribution in [3.05, 3.63) is 71.2 Å². The Morgan fingerprint density at radius 2 is 1.80 bits per heavy atom. The highest BCUT2D eigenvalue weighted by Gasteiger charge is 2.05. The lowest BCUT2D eigenvalue weighted by atomic mass is 10.2. The second-order valence-electron chi connectivity index (χ2n) is 6.76. The molecule has 0 aliphatic carbocycles. The van der Waals surface area contributed by atoms with Gasteiger partial charge in [0.2, 0.25) is 0 Å². The lowest BCUT2D eigenvalue weighted by Gasteiger charge is -2.12. The highest BCUT2D eigenvalue weighted by Crippen LogP contribution is 2.12. The van der Waals surface area contributed by atoms with Crippen LogP contribution in [0.3, 0.4) is 0 Å². The lowest BCUT2D eigenvalue weighted by Crippen LogP contribution is -2.36. The van der Waals surface area contributed by atoms with Gasteiger partial charge < -0.3 is 15.4 Å². The van der Waals surface area contributed by atoms with E-state index in [0.717, 1.165) is 46.6 Å². The van der Waals surface area contributed by atoms with E-state index in [0.29, 0.717) is 13.1 Å². The summed E-state index contributed by atoms with van der Waals surface area (Å²) in [7, 11) is 1.67. The molecule has 0 bridgehead atoms. The van der Waals surface area contributed by atoms with Gasteiger partial charge in [0.1, 0.15) is 5.75 Å². The second kappa shape index (κ2) is 11.5. The zero-order chi connectivity index (χ0) is 20.6. The molecule has 30 heavy (non-hydrogen) atoms. The summed E-state index contributed by atoms with van der Waals surface area (Å²) in [5.74, 6) is 2.43. The van der Waals surface area contributed by atoms with E-state index < -0.39 is 0 Å². The molecule has 1 aromatic carbocycles. The number of aliphatic imine (C=N–C) groups is 1. The number of guanidine groups is 1. The third-order valence-corrected chi connectivity index (χ3v) is 4.42. The molecule has 0 aliphatic rings. The van der Waals surface area contributed by atoms with Crippen molar-refractivity contribution < 1.29 is 4.74 Å². The Labute approximate surface area is 195 Å². The summed E-state index contributed by atoms with van der Waals surface area (Å²) < 4.78 is 7.05. The molecule has 160 valence electrons. The smallest absolute Gasteiger partial charge is 0.191 e. The molecule has 0 spiro atoms. The van der Waals surface area contributed by atoms with Gasteiger partial charge in [0, 0.05) is 25.0 Å². The summed E-state index contributed by atoms with van der Waals surface area (Å²) in [5.41, 5.74) is 4.25. The number of methoxy groups -OCH3 is 1. The van der Waals surface area contributed by atoms with E-state index in [9.17, 15) is 0 Å². The number of halogens is 1. The van der Waals surface area contributed by atoms with E-state index in [4.69, 9.17) is 4.74 Å². The summed E-state index contributed by atoms with van der Waals surface area (Å²) in [6.45, 7) is 8.08. The van der Waals surface area contributed by atoms with Crippen LogP contribution in [-0.4, -0.2) is 34.4 Å². The first kappa shape index (κ1) is 23.7. The highest BCUT2D eigenvalue weighted by atomic mass is 127. The highest BCUT2D eigenvalue weighted by molar-refractivity contribution is 14.0. The number of nitrogens with zero attached hydrogens (tertiary/aromatic N) is 4. The van der Waals surface area contributed by atoms with E-state index >= 15 is 0 Å². The molecule has 0 saturated heterocycles. The van der Waals surface area contributed by atoms with Crippen LogP contribution >= 0.6 is 24.0 Å². The molecule has 2 aromatic heterocycles. The fraction of sp³-hybridized carbons (Fsp3) is 0.318. The number of aromatic nitrogens is 3. The normalized spacial score (nSPS) is 11.0. The molecule has 0 radical (unpaired) electrons. The summed E-state index contributed by atoms with van der Waals surface area (Å²) in [6.07, 6.45) is 1.85. The molecule has 2 heterocycles. The third-order valence-electron chi connectivity index (χ3n) is 4.42. The predicted octanol–water partition coefficient (Wildman–Crippen LogP) is 3.77. The maximum atomic E-state index is 5.20. The van der Waals surface area contributed by atoms with Crippen molar-refractivity contribution in [2.75, 3.05) is 13.7 Å². The van der Waals surface area contributed by atoms with Gasteiger partial charge in [-0.15, -0.1) is 24.0 Å². The van der Waals surface area contributed by atoms with Crippen LogP contribution in [0.4, 0.5) is 0 Å². The van der Waals surface area contributed by atoms with Crippen molar-refractivity contribution in [1.29, 1.82) is 0 Å². The van der Waals surface area contributed by atoms with Crippen molar-refractivity contribution in [3.63, 3.8) is 0 Å². The van der Waals surface area contributed by atoms with E-state index in [1.54, 1.807) is 7.11 Å². The average molecular weight is 520 g/mol. The van der Waals surface area contributed by atoms with E-state index in [2.05, 4.69) is 32.6 Å². The van der Waals surface area contributed by atoms with Crippen LogP contribution in [0.2, 0.25) is 0 Å². The molecular formula is C22H29IN6O. The van der Waals surface area contributed by atoms with Gasteiger partial charge in [-0.25, -0.2) is 14.7 Å². The molecular weight excluding hydrogens is 491 g/mol. The number of benzene rings is 1. The monoisotopic (exact) mass is 520 g/mol. The fourth-order valence-electron chi connectivity index (χ4n) is 2.94. The molecule has 0 atom stereocenters. The van der Waals surface area contributed by atoms with Crippen LogP contribution in [0.5, 0.6) is 5.75 Å². The Morgan fingerprint density at radius 3 is 2.37 bits per heavy atom. The van der Waals surface area contributed by atoms with Crippen molar-refractivity contribution in [2.24, 2.45) is 4.99 Å². The number of ether oxygens (including phenoxy) is 1. The van der Waals surface area contributed by atoms with Gasteiger partial charge >= 0.3 is 0 Å². The molecule has 7 nitrogen and oxygen atoms in total. The van der Waals surface area contributed by atoms with E-state index in [1.165, 1.54) is 0 Å². The number of nitrogens with one attached hydrogen (secondary N) is 2. The van der Waals surface area contributed by atoms with E-state index in [-0.39, 0.29) is 24.0 Å². The third kappa shape index (κ3) is 6.45. The van der Waals surface area contributed by atoms with Crippen LogP contribution < -0.4 is 15.4 Å². The number of rotatable bonds is 7. The molecule has 0 unspecified atom stereocenters. The first-order valence-corrected chi connectivity index (χ1v) is 9.72. The Hall–Kier alpha value is -2.62. The molecule has 2 N–H and O–H groups in total. The zero-order valence-corrected chi connectivity index (χ0v) is 20.2. The van der Waals surface area contributed by atoms with Gasteiger partial charge in [0.25, 0.3) is 0 Å². The molecule has 0 amide bonds. The summed E-state index contributed by atoms with van der Waals surface area (Å²) in [6, 6.07) is 14.0. The standard InChI is InChI=1S/C22H28N6O.HI/c1-5-23-22(25-13-18-6-9-20(29-4)10-7-18)26-15-19-8-11-21(24-14-19)28-17(3)12-16(2)27-28;/h6-12,14H,5,13,15H2,1-4H3,(H2,23,25,26);1H. The van der Waals surface area contributed by atoms with Crippen LogP contribution in [0, 0.1) is 13.8 Å². The molecule has 0 saturated carbocycles. The predicted molar refractivity (Wildman–Crippen MR) is 131 cm³/mol. The van der Waals surface area contributed by atoms with Gasteiger partial charge in [-0.1, -0.05) is 18.2 Å². The largest absolute Gasteiger partial charge is 0.497 e. The quantitative estimate of drug-likeness (QED) is 0.282. The minimum atomic E-state index is 0. The Bertz CT molecular complexity index is 951. The minimum Gasteiger partial charge on any atom is -0.497 e. The zero-order valence-electron chi connectivity index (χ0n) is 17.8. The minimum absolute atomic E-state index is 0. The van der Waals surface area contributed by atoms with Crippen LogP contribution in [0.1, 0.15) is 29.4 Å². The van der Waals surface area contributed by atoms with Crippen molar-refractivity contribution in [1.82, 2.24) is 25.4 Å². The molecule has 8 heteroatoms. The molecule has 3 rings (SSSR count).